The maximum absolute atomic E-state index is 12.7. The molecule has 0 radical (unpaired) electrons. The number of carboxylic acids is 1. The zero-order chi connectivity index (χ0) is 20.2. The van der Waals surface area contributed by atoms with Gasteiger partial charge in [-0.15, -0.1) is 0 Å². The number of rotatable bonds is 7. The van der Waals surface area contributed by atoms with E-state index in [4.69, 9.17) is 4.74 Å². The van der Waals surface area contributed by atoms with Crippen molar-refractivity contribution in [1.29, 1.82) is 0 Å². The summed E-state index contributed by atoms with van der Waals surface area (Å²) in [6.07, 6.45) is -1.24. The number of nitrogens with one attached hydrogen (secondary N) is 2. The first kappa shape index (κ1) is 20.2. The van der Waals surface area contributed by atoms with Crippen LogP contribution in [0.2, 0.25) is 0 Å². The third-order valence-corrected chi connectivity index (χ3v) is 4.63. The second-order valence-corrected chi connectivity index (χ2v) is 6.21. The van der Waals surface area contributed by atoms with E-state index in [1.165, 1.54) is 13.0 Å². The SMILES string of the molecule is CCC(CC)(C(=O)O)C(=O)OC(NC(C)=O)c1cc(=O)[nH]c2ccccc12. The minimum Gasteiger partial charge on any atom is -0.480 e. The highest BCUT2D eigenvalue weighted by Gasteiger charge is 2.45. The first-order valence-corrected chi connectivity index (χ1v) is 8.58. The zero-order valence-electron chi connectivity index (χ0n) is 15.4. The van der Waals surface area contributed by atoms with Crippen molar-refractivity contribution in [2.75, 3.05) is 0 Å². The Hall–Kier alpha value is -3.16. The number of aromatic amines is 1. The van der Waals surface area contributed by atoms with Crippen molar-refractivity contribution in [2.24, 2.45) is 5.41 Å². The molecule has 1 aromatic carbocycles. The van der Waals surface area contributed by atoms with Gasteiger partial charge in [0, 0.05) is 29.5 Å². The molecule has 0 aliphatic rings. The lowest BCUT2D eigenvalue weighted by molar-refractivity contribution is -0.175. The molecule has 0 aliphatic carbocycles. The molecule has 144 valence electrons. The summed E-state index contributed by atoms with van der Waals surface area (Å²) >= 11 is 0. The van der Waals surface area contributed by atoms with Crippen LogP contribution in [-0.4, -0.2) is 27.9 Å². The smallest absolute Gasteiger partial charge is 0.325 e. The van der Waals surface area contributed by atoms with Crippen molar-refractivity contribution in [1.82, 2.24) is 10.3 Å². The molecular weight excluding hydrogens is 352 g/mol. The average Bonchev–Trinajstić information content (AvgIpc) is 2.61. The number of hydrogen-bond acceptors (Lipinski definition) is 5. The largest absolute Gasteiger partial charge is 0.480 e. The minimum absolute atomic E-state index is 0.0284. The Morgan fingerprint density at radius 1 is 1.22 bits per heavy atom. The van der Waals surface area contributed by atoms with E-state index in [1.807, 2.05) is 0 Å². The summed E-state index contributed by atoms with van der Waals surface area (Å²) in [6, 6.07) is 8.05. The number of H-pyrrole nitrogens is 1. The Morgan fingerprint density at radius 3 is 2.41 bits per heavy atom. The number of carboxylic acid groups (broad SMARTS) is 1. The fraction of sp³-hybridized carbons (Fsp3) is 0.368. The Balaban J connectivity index is 2.54. The highest BCUT2D eigenvalue weighted by molar-refractivity contribution is 5.99. The van der Waals surface area contributed by atoms with Gasteiger partial charge >= 0.3 is 11.9 Å². The summed E-state index contributed by atoms with van der Waals surface area (Å²) in [5.74, 6) is -2.76. The molecule has 2 rings (SSSR count). The van der Waals surface area contributed by atoms with E-state index in [0.717, 1.165) is 0 Å². The number of esters is 1. The van der Waals surface area contributed by atoms with Crippen molar-refractivity contribution in [3.05, 3.63) is 46.2 Å². The number of aromatic nitrogens is 1. The highest BCUT2D eigenvalue weighted by atomic mass is 16.6. The maximum Gasteiger partial charge on any atom is 0.325 e. The van der Waals surface area contributed by atoms with Crippen molar-refractivity contribution in [2.45, 2.75) is 39.8 Å². The molecule has 1 amide bonds. The fourth-order valence-electron chi connectivity index (χ4n) is 2.95. The van der Waals surface area contributed by atoms with E-state index >= 15 is 0 Å². The first-order chi connectivity index (χ1) is 12.7. The molecule has 3 N–H and O–H groups in total. The standard InChI is InChI=1S/C19H22N2O6/c1-4-19(5-2,17(24)25)18(26)27-16(20-11(3)22)13-10-15(23)21-14-9-7-6-8-12(13)14/h6-10,16H,4-5H2,1-3H3,(H,20,22)(H,21,23)(H,24,25). The van der Waals surface area contributed by atoms with Crippen LogP contribution in [-0.2, 0) is 19.1 Å². The predicted octanol–water partition coefficient (Wildman–Crippen LogP) is 2.10. The Kier molecular flexibility index (Phi) is 5.99. The van der Waals surface area contributed by atoms with E-state index in [0.29, 0.717) is 10.9 Å². The van der Waals surface area contributed by atoms with Crippen LogP contribution in [0, 0.1) is 5.41 Å². The molecule has 0 saturated carbocycles. The molecule has 1 heterocycles. The van der Waals surface area contributed by atoms with Crippen LogP contribution in [0.1, 0.15) is 45.4 Å². The Labute approximate surface area is 155 Å². The summed E-state index contributed by atoms with van der Waals surface area (Å²) in [4.78, 5) is 50.7. The third kappa shape index (κ3) is 3.99. The summed E-state index contributed by atoms with van der Waals surface area (Å²) in [7, 11) is 0. The number of benzene rings is 1. The second kappa shape index (κ2) is 8.03. The van der Waals surface area contributed by atoms with E-state index in [9.17, 15) is 24.3 Å². The number of hydrogen-bond donors (Lipinski definition) is 3. The van der Waals surface area contributed by atoms with Gasteiger partial charge in [-0.25, -0.2) is 0 Å². The van der Waals surface area contributed by atoms with Crippen molar-refractivity contribution >= 4 is 28.7 Å². The molecule has 1 atom stereocenters. The van der Waals surface area contributed by atoms with Gasteiger partial charge < -0.3 is 20.1 Å². The lowest BCUT2D eigenvalue weighted by Gasteiger charge is -2.28. The number of aliphatic carboxylic acids is 1. The van der Waals surface area contributed by atoms with Crippen LogP contribution in [0.4, 0.5) is 0 Å². The van der Waals surface area contributed by atoms with E-state index in [-0.39, 0.29) is 18.4 Å². The number of para-hydroxylation sites is 1. The molecular formula is C19H22N2O6. The van der Waals surface area contributed by atoms with Gasteiger partial charge in [-0.2, -0.15) is 0 Å². The molecule has 0 bridgehead atoms. The van der Waals surface area contributed by atoms with Gasteiger partial charge in [-0.1, -0.05) is 32.0 Å². The molecule has 8 nitrogen and oxygen atoms in total. The number of fused-ring (bicyclic) bond motifs is 1. The van der Waals surface area contributed by atoms with Crippen molar-refractivity contribution in [3.63, 3.8) is 0 Å². The van der Waals surface area contributed by atoms with Crippen LogP contribution >= 0.6 is 0 Å². The van der Waals surface area contributed by atoms with Crippen LogP contribution in [0.3, 0.4) is 0 Å². The van der Waals surface area contributed by atoms with Gasteiger partial charge in [0.25, 0.3) is 0 Å². The minimum atomic E-state index is -1.73. The van der Waals surface area contributed by atoms with Crippen LogP contribution in [0.5, 0.6) is 0 Å². The Bertz CT molecular complexity index is 929. The van der Waals surface area contributed by atoms with Gasteiger partial charge in [0.2, 0.25) is 17.7 Å². The van der Waals surface area contributed by atoms with E-state index in [2.05, 4.69) is 10.3 Å². The summed E-state index contributed by atoms with van der Waals surface area (Å²) < 4.78 is 5.41. The molecule has 27 heavy (non-hydrogen) atoms. The van der Waals surface area contributed by atoms with Gasteiger partial charge in [-0.3, -0.25) is 19.2 Å². The molecule has 8 heteroatoms. The first-order valence-electron chi connectivity index (χ1n) is 8.58. The monoisotopic (exact) mass is 374 g/mol. The van der Waals surface area contributed by atoms with Crippen LogP contribution in [0.25, 0.3) is 10.9 Å². The van der Waals surface area contributed by atoms with Crippen molar-refractivity contribution < 1.29 is 24.2 Å². The van der Waals surface area contributed by atoms with E-state index in [1.54, 1.807) is 38.1 Å². The van der Waals surface area contributed by atoms with Gasteiger partial charge in [0.15, 0.2) is 5.41 Å². The average molecular weight is 374 g/mol. The second-order valence-electron chi connectivity index (χ2n) is 6.21. The topological polar surface area (TPSA) is 126 Å². The van der Waals surface area contributed by atoms with E-state index < -0.39 is 35.0 Å². The predicted molar refractivity (Wildman–Crippen MR) is 97.9 cm³/mol. The lowest BCUT2D eigenvalue weighted by Crippen LogP contribution is -2.42. The number of carbonyl (C=O) groups excluding carboxylic acids is 2. The van der Waals surface area contributed by atoms with Gasteiger partial charge in [0.05, 0.1) is 0 Å². The molecule has 0 aliphatic heterocycles. The molecule has 0 saturated heterocycles. The Morgan fingerprint density at radius 2 is 1.85 bits per heavy atom. The molecule has 1 aromatic heterocycles. The van der Waals surface area contributed by atoms with Gasteiger partial charge in [-0.05, 0) is 18.9 Å². The number of pyridine rings is 1. The molecule has 2 aromatic rings. The van der Waals surface area contributed by atoms with Crippen LogP contribution < -0.4 is 10.9 Å². The number of amides is 1. The normalized spacial score (nSPS) is 12.4. The van der Waals surface area contributed by atoms with Gasteiger partial charge in [0.1, 0.15) is 0 Å². The highest BCUT2D eigenvalue weighted by Crippen LogP contribution is 2.32. The number of carbonyl (C=O) groups is 3. The zero-order valence-corrected chi connectivity index (χ0v) is 15.4. The van der Waals surface area contributed by atoms with Crippen LogP contribution in [0.15, 0.2) is 35.1 Å². The summed E-state index contributed by atoms with van der Waals surface area (Å²) in [6.45, 7) is 4.39. The summed E-state index contributed by atoms with van der Waals surface area (Å²) in [5.41, 5.74) is -1.40. The molecule has 1 unspecified atom stereocenters. The third-order valence-electron chi connectivity index (χ3n) is 4.63. The van der Waals surface area contributed by atoms with Crippen molar-refractivity contribution in [3.8, 4) is 0 Å². The number of ether oxygens (including phenoxy) is 1. The molecule has 0 spiro atoms. The lowest BCUT2D eigenvalue weighted by atomic mass is 9.82. The maximum atomic E-state index is 12.7. The molecule has 0 fully saturated rings. The fourth-order valence-corrected chi connectivity index (χ4v) is 2.95. The summed E-state index contributed by atoms with van der Waals surface area (Å²) in [5, 5.41) is 12.6. The quantitative estimate of drug-likeness (QED) is 0.387.